The Bertz CT molecular complexity index is 380. The second kappa shape index (κ2) is 5.66. The molecule has 0 unspecified atom stereocenters. The number of aliphatic hydroxyl groups is 8. The Morgan fingerprint density at radius 2 is 1.57 bits per heavy atom. The topological polar surface area (TPSA) is 180 Å². The van der Waals surface area contributed by atoms with Crippen LogP contribution in [0.2, 0.25) is 0 Å². The predicted molar refractivity (Wildman–Crippen MR) is 62.7 cm³/mol. The largest absolute Gasteiger partial charge is 0.394 e. The molecular formula is C11H20O10. The van der Waals surface area contributed by atoms with E-state index in [-0.39, 0.29) is 0 Å². The van der Waals surface area contributed by atoms with Gasteiger partial charge in [-0.3, -0.25) is 0 Å². The van der Waals surface area contributed by atoms with Crippen molar-refractivity contribution in [2.24, 2.45) is 0 Å². The van der Waals surface area contributed by atoms with Gasteiger partial charge in [-0.15, -0.1) is 0 Å². The fraction of sp³-hybridized carbons (Fsp3) is 1.00. The van der Waals surface area contributed by atoms with Crippen LogP contribution in [0.5, 0.6) is 0 Å². The van der Waals surface area contributed by atoms with Gasteiger partial charge in [-0.1, -0.05) is 0 Å². The molecule has 0 spiro atoms. The lowest BCUT2D eigenvalue weighted by atomic mass is 9.68. The van der Waals surface area contributed by atoms with Gasteiger partial charge < -0.3 is 50.3 Å². The molecule has 21 heavy (non-hydrogen) atoms. The molecule has 0 aromatic carbocycles. The fourth-order valence-corrected chi connectivity index (χ4v) is 2.78. The zero-order valence-electron chi connectivity index (χ0n) is 11.0. The van der Waals surface area contributed by atoms with Crippen LogP contribution < -0.4 is 0 Å². The van der Waals surface area contributed by atoms with Crippen molar-refractivity contribution in [3.63, 3.8) is 0 Å². The lowest BCUT2D eigenvalue weighted by molar-refractivity contribution is -0.373. The van der Waals surface area contributed by atoms with Crippen LogP contribution >= 0.6 is 0 Å². The van der Waals surface area contributed by atoms with Crippen molar-refractivity contribution >= 4 is 0 Å². The first-order valence-electron chi connectivity index (χ1n) is 6.39. The Kier molecular flexibility index (Phi) is 4.57. The summed E-state index contributed by atoms with van der Waals surface area (Å²) < 4.78 is 9.56. The first-order valence-corrected chi connectivity index (χ1v) is 6.39. The van der Waals surface area contributed by atoms with Crippen LogP contribution in [0.4, 0.5) is 0 Å². The van der Waals surface area contributed by atoms with Crippen molar-refractivity contribution in [3.05, 3.63) is 0 Å². The molecule has 10 heteroatoms. The van der Waals surface area contributed by atoms with Crippen LogP contribution in [0.15, 0.2) is 0 Å². The molecule has 0 bridgehead atoms. The Labute approximate surface area is 119 Å². The molecule has 0 saturated carbocycles. The molecule has 124 valence electrons. The van der Waals surface area contributed by atoms with Crippen LogP contribution in [-0.2, 0) is 9.47 Å². The third-order valence-corrected chi connectivity index (χ3v) is 4.24. The highest BCUT2D eigenvalue weighted by atomic mass is 16.6. The van der Waals surface area contributed by atoms with Crippen molar-refractivity contribution in [2.75, 3.05) is 19.8 Å². The van der Waals surface area contributed by atoms with Gasteiger partial charge in [0.25, 0.3) is 0 Å². The smallest absolute Gasteiger partial charge is 0.184 e. The van der Waals surface area contributed by atoms with Crippen LogP contribution in [-0.4, -0.2) is 109 Å². The number of aliphatic hydroxyl groups excluding tert-OH is 6. The SMILES string of the molecule is OC[C@H]1OC[C@](O)([C@]2(O)[C@H](O)CO[C@H](O)[C@@H]2O)[C@@H](O)[C@H]1O. The van der Waals surface area contributed by atoms with Crippen LogP contribution in [0.1, 0.15) is 0 Å². The van der Waals surface area contributed by atoms with Crippen LogP contribution in [0.25, 0.3) is 0 Å². The zero-order chi connectivity index (χ0) is 16.0. The number of ether oxygens (including phenoxy) is 2. The third-order valence-electron chi connectivity index (χ3n) is 4.24. The molecule has 0 aromatic rings. The highest BCUT2D eigenvalue weighted by molar-refractivity contribution is 5.17. The average Bonchev–Trinajstić information content (AvgIpc) is 2.47. The van der Waals surface area contributed by atoms with Gasteiger partial charge in [0.1, 0.15) is 30.5 Å². The molecule has 0 aromatic heterocycles. The molecule has 8 N–H and O–H groups in total. The van der Waals surface area contributed by atoms with E-state index in [1.807, 2.05) is 0 Å². The summed E-state index contributed by atoms with van der Waals surface area (Å²) in [7, 11) is 0. The summed E-state index contributed by atoms with van der Waals surface area (Å²) in [5.41, 5.74) is -5.51. The van der Waals surface area contributed by atoms with E-state index in [1.54, 1.807) is 0 Å². The molecule has 2 heterocycles. The quantitative estimate of drug-likeness (QED) is 0.245. The summed E-state index contributed by atoms with van der Waals surface area (Å²) in [6, 6.07) is 0. The predicted octanol–water partition coefficient (Wildman–Crippen LogP) is -5.37. The molecule has 2 aliphatic rings. The van der Waals surface area contributed by atoms with Gasteiger partial charge in [0, 0.05) is 0 Å². The molecular weight excluding hydrogens is 292 g/mol. The van der Waals surface area contributed by atoms with E-state index < -0.39 is 67.8 Å². The minimum Gasteiger partial charge on any atom is -0.394 e. The van der Waals surface area contributed by atoms with Gasteiger partial charge in [-0.2, -0.15) is 0 Å². The second-order valence-corrected chi connectivity index (χ2v) is 5.40. The van der Waals surface area contributed by atoms with Crippen LogP contribution in [0, 0.1) is 0 Å². The summed E-state index contributed by atoms with van der Waals surface area (Å²) in [5.74, 6) is 0. The van der Waals surface area contributed by atoms with Crippen molar-refractivity contribution in [3.8, 4) is 0 Å². The van der Waals surface area contributed by atoms with E-state index in [1.165, 1.54) is 0 Å². The van der Waals surface area contributed by atoms with E-state index in [0.717, 1.165) is 0 Å². The summed E-state index contributed by atoms with van der Waals surface area (Å²) in [5, 5.41) is 79.0. The van der Waals surface area contributed by atoms with E-state index in [0.29, 0.717) is 0 Å². The molecule has 8 atom stereocenters. The molecule has 2 rings (SSSR count). The highest BCUT2D eigenvalue weighted by Gasteiger charge is 2.68. The minimum atomic E-state index is -2.81. The molecule has 0 aliphatic carbocycles. The second-order valence-electron chi connectivity index (χ2n) is 5.40. The Balaban J connectivity index is 2.37. The first-order chi connectivity index (χ1) is 9.70. The molecule has 2 fully saturated rings. The standard InChI is InChI=1S/C11H20O10/c12-1-4-6(14)7(15)10(18,3-21-4)11(19)5(13)2-20-9(17)8(11)16/h4-9,12-19H,1-3H2/t4-,5-,6+,7+,8+,9+,10-,11+/m1/s1. The van der Waals surface area contributed by atoms with Crippen molar-refractivity contribution < 1.29 is 50.3 Å². The first kappa shape index (κ1) is 17.0. The van der Waals surface area contributed by atoms with E-state index in [4.69, 9.17) is 9.84 Å². The lowest BCUT2D eigenvalue weighted by Crippen LogP contribution is -2.81. The average molecular weight is 312 g/mol. The molecule has 0 radical (unpaired) electrons. The molecule has 0 amide bonds. The highest BCUT2D eigenvalue weighted by Crippen LogP contribution is 2.41. The Morgan fingerprint density at radius 3 is 2.14 bits per heavy atom. The summed E-state index contributed by atoms with van der Waals surface area (Å²) in [4.78, 5) is 0. The Morgan fingerprint density at radius 1 is 0.952 bits per heavy atom. The Hall–Kier alpha value is -0.400. The minimum absolute atomic E-state index is 0.622. The van der Waals surface area contributed by atoms with Crippen molar-refractivity contribution in [2.45, 2.75) is 48.0 Å². The van der Waals surface area contributed by atoms with E-state index >= 15 is 0 Å². The number of hydrogen-bond acceptors (Lipinski definition) is 10. The van der Waals surface area contributed by atoms with E-state index in [2.05, 4.69) is 4.74 Å². The van der Waals surface area contributed by atoms with Gasteiger partial charge >= 0.3 is 0 Å². The normalized spacial score (nSPS) is 55.4. The third kappa shape index (κ3) is 2.28. The monoisotopic (exact) mass is 312 g/mol. The van der Waals surface area contributed by atoms with Gasteiger partial charge in [0.15, 0.2) is 17.5 Å². The van der Waals surface area contributed by atoms with Crippen molar-refractivity contribution in [1.82, 2.24) is 0 Å². The van der Waals surface area contributed by atoms with Gasteiger partial charge in [-0.25, -0.2) is 0 Å². The van der Waals surface area contributed by atoms with E-state index in [9.17, 15) is 35.7 Å². The summed E-state index contributed by atoms with van der Waals surface area (Å²) in [6.07, 6.45) is -11.0. The summed E-state index contributed by atoms with van der Waals surface area (Å²) in [6.45, 7) is -2.07. The molecule has 2 aliphatic heterocycles. The fourth-order valence-electron chi connectivity index (χ4n) is 2.78. The van der Waals surface area contributed by atoms with Crippen molar-refractivity contribution in [1.29, 1.82) is 0 Å². The van der Waals surface area contributed by atoms with Gasteiger partial charge in [0.2, 0.25) is 0 Å². The lowest BCUT2D eigenvalue weighted by Gasteiger charge is -2.56. The van der Waals surface area contributed by atoms with Gasteiger partial charge in [0.05, 0.1) is 19.8 Å². The van der Waals surface area contributed by atoms with Crippen LogP contribution in [0.3, 0.4) is 0 Å². The zero-order valence-corrected chi connectivity index (χ0v) is 11.0. The molecule has 2 saturated heterocycles. The number of rotatable bonds is 2. The maximum Gasteiger partial charge on any atom is 0.184 e. The van der Waals surface area contributed by atoms with Gasteiger partial charge in [-0.05, 0) is 0 Å². The number of hydrogen-bond donors (Lipinski definition) is 8. The maximum absolute atomic E-state index is 10.5. The molecule has 10 nitrogen and oxygen atoms in total. The summed E-state index contributed by atoms with van der Waals surface area (Å²) >= 11 is 0. The maximum atomic E-state index is 10.5.